The molecular formula is C12H14N2O5. The van der Waals surface area contributed by atoms with Crippen LogP contribution in [0, 0.1) is 0 Å². The Labute approximate surface area is 109 Å². The summed E-state index contributed by atoms with van der Waals surface area (Å²) in [4.78, 5) is 26.9. The fraction of sp³-hybridized carbons (Fsp3) is 0.417. The van der Waals surface area contributed by atoms with Crippen molar-refractivity contribution in [3.63, 3.8) is 0 Å². The Morgan fingerprint density at radius 1 is 1.26 bits per heavy atom. The Kier molecular flexibility index (Phi) is 3.50. The van der Waals surface area contributed by atoms with Crippen molar-refractivity contribution in [1.82, 2.24) is 4.98 Å². The molecule has 1 aromatic rings. The maximum atomic E-state index is 12.0. The molecule has 1 saturated heterocycles. The lowest BCUT2D eigenvalue weighted by Gasteiger charge is -2.16. The topological polar surface area (TPSA) is 97.8 Å². The highest BCUT2D eigenvalue weighted by Gasteiger charge is 2.49. The Balaban J connectivity index is 2.11. The highest BCUT2D eigenvalue weighted by atomic mass is 16.8. The summed E-state index contributed by atoms with van der Waals surface area (Å²) in [6, 6.07) is 3.18. The molecule has 1 fully saturated rings. The minimum absolute atomic E-state index is 0.512. The number of rotatable bonds is 3. The second-order valence-corrected chi connectivity index (χ2v) is 4.54. The lowest BCUT2D eigenvalue weighted by Crippen LogP contribution is -2.40. The molecule has 0 spiro atoms. The van der Waals surface area contributed by atoms with E-state index >= 15 is 0 Å². The molecule has 0 saturated carbocycles. The number of carboxylic acids is 1. The number of pyridine rings is 1. The van der Waals surface area contributed by atoms with E-state index < -0.39 is 29.9 Å². The Morgan fingerprint density at radius 3 is 2.42 bits per heavy atom. The number of carbonyl (C=O) groups is 2. The molecule has 1 aliphatic rings. The van der Waals surface area contributed by atoms with E-state index in [1.807, 2.05) is 0 Å². The van der Waals surface area contributed by atoms with Gasteiger partial charge in [0.15, 0.2) is 18.0 Å². The van der Waals surface area contributed by atoms with Crippen LogP contribution < -0.4 is 5.32 Å². The van der Waals surface area contributed by atoms with E-state index in [0.717, 1.165) is 0 Å². The molecule has 2 atom stereocenters. The summed E-state index contributed by atoms with van der Waals surface area (Å²) in [5, 5.41) is 11.6. The quantitative estimate of drug-likeness (QED) is 0.832. The van der Waals surface area contributed by atoms with Crippen LogP contribution in [0.1, 0.15) is 13.8 Å². The van der Waals surface area contributed by atoms with Crippen molar-refractivity contribution in [2.45, 2.75) is 31.8 Å². The zero-order valence-corrected chi connectivity index (χ0v) is 10.5. The highest BCUT2D eigenvalue weighted by Crippen LogP contribution is 2.29. The molecule has 7 heteroatoms. The molecule has 2 heterocycles. The number of aliphatic carboxylic acids is 1. The van der Waals surface area contributed by atoms with Crippen molar-refractivity contribution in [1.29, 1.82) is 0 Å². The average molecular weight is 266 g/mol. The summed E-state index contributed by atoms with van der Waals surface area (Å²) >= 11 is 0. The molecule has 0 unspecified atom stereocenters. The number of aromatic nitrogens is 1. The van der Waals surface area contributed by atoms with Crippen LogP contribution in [0.4, 0.5) is 5.69 Å². The molecule has 0 radical (unpaired) electrons. The van der Waals surface area contributed by atoms with Crippen molar-refractivity contribution in [3.8, 4) is 0 Å². The lowest BCUT2D eigenvalue weighted by atomic mass is 10.2. The number of hydrogen-bond donors (Lipinski definition) is 2. The van der Waals surface area contributed by atoms with Gasteiger partial charge in [-0.1, -0.05) is 0 Å². The number of carboxylic acid groups (broad SMARTS) is 1. The van der Waals surface area contributed by atoms with Gasteiger partial charge in [-0.15, -0.1) is 0 Å². The van der Waals surface area contributed by atoms with E-state index in [0.29, 0.717) is 5.69 Å². The third-order valence-electron chi connectivity index (χ3n) is 2.55. The molecule has 1 amide bonds. The molecular weight excluding hydrogens is 252 g/mol. The Bertz CT molecular complexity index is 488. The van der Waals surface area contributed by atoms with Gasteiger partial charge in [0.1, 0.15) is 0 Å². The third-order valence-corrected chi connectivity index (χ3v) is 2.55. The monoisotopic (exact) mass is 266 g/mol. The smallest absolute Gasteiger partial charge is 0.336 e. The fourth-order valence-corrected chi connectivity index (χ4v) is 1.78. The lowest BCUT2D eigenvalue weighted by molar-refractivity contribution is -0.166. The van der Waals surface area contributed by atoms with Crippen LogP contribution in [-0.2, 0) is 19.1 Å². The van der Waals surface area contributed by atoms with Crippen molar-refractivity contribution in [2.75, 3.05) is 5.32 Å². The number of hydrogen-bond acceptors (Lipinski definition) is 5. The van der Waals surface area contributed by atoms with Crippen LogP contribution in [0.15, 0.2) is 24.5 Å². The molecule has 102 valence electrons. The summed E-state index contributed by atoms with van der Waals surface area (Å²) in [6.45, 7) is 3.12. The van der Waals surface area contributed by atoms with E-state index in [4.69, 9.17) is 14.6 Å². The number of ether oxygens (including phenoxy) is 2. The minimum Gasteiger partial charge on any atom is -0.479 e. The van der Waals surface area contributed by atoms with Gasteiger partial charge in [-0.05, 0) is 26.0 Å². The largest absolute Gasteiger partial charge is 0.479 e. The molecule has 2 rings (SSSR count). The number of nitrogens with zero attached hydrogens (tertiary/aromatic N) is 1. The van der Waals surface area contributed by atoms with Gasteiger partial charge in [-0.25, -0.2) is 4.79 Å². The summed E-state index contributed by atoms with van der Waals surface area (Å²) in [5.74, 6) is -2.91. The van der Waals surface area contributed by atoms with Gasteiger partial charge in [-0.3, -0.25) is 9.78 Å². The average Bonchev–Trinajstić information content (AvgIpc) is 2.67. The summed E-state index contributed by atoms with van der Waals surface area (Å²) < 4.78 is 10.5. The van der Waals surface area contributed by atoms with Gasteiger partial charge in [0.2, 0.25) is 0 Å². The van der Waals surface area contributed by atoms with Crippen molar-refractivity contribution in [2.24, 2.45) is 0 Å². The fourth-order valence-electron chi connectivity index (χ4n) is 1.78. The SMILES string of the molecule is CC1(C)O[C@H](C(=O)O)[C@@H](C(=O)Nc2ccncc2)O1. The number of carbonyl (C=O) groups excluding carboxylic acids is 1. The Morgan fingerprint density at radius 2 is 1.84 bits per heavy atom. The van der Waals surface area contributed by atoms with Crippen LogP contribution in [0.2, 0.25) is 0 Å². The first-order valence-electron chi connectivity index (χ1n) is 5.68. The van der Waals surface area contributed by atoms with Gasteiger partial charge >= 0.3 is 5.97 Å². The molecule has 7 nitrogen and oxygen atoms in total. The molecule has 0 bridgehead atoms. The van der Waals surface area contributed by atoms with Gasteiger partial charge in [0, 0.05) is 18.1 Å². The second-order valence-electron chi connectivity index (χ2n) is 4.54. The van der Waals surface area contributed by atoms with Crippen LogP contribution in [0.25, 0.3) is 0 Å². The van der Waals surface area contributed by atoms with Crippen LogP contribution in [0.3, 0.4) is 0 Å². The van der Waals surface area contributed by atoms with E-state index in [9.17, 15) is 9.59 Å². The molecule has 19 heavy (non-hydrogen) atoms. The van der Waals surface area contributed by atoms with Crippen molar-refractivity contribution in [3.05, 3.63) is 24.5 Å². The van der Waals surface area contributed by atoms with E-state index in [2.05, 4.69) is 10.3 Å². The summed E-state index contributed by atoms with van der Waals surface area (Å²) in [6.07, 6.45) is 0.512. The van der Waals surface area contributed by atoms with Crippen LogP contribution in [-0.4, -0.2) is 40.0 Å². The van der Waals surface area contributed by atoms with Gasteiger partial charge in [-0.2, -0.15) is 0 Å². The maximum Gasteiger partial charge on any atom is 0.336 e. The molecule has 0 aromatic carbocycles. The molecule has 0 aliphatic carbocycles. The maximum absolute atomic E-state index is 12.0. The van der Waals surface area contributed by atoms with Gasteiger partial charge < -0.3 is 19.9 Å². The first-order valence-corrected chi connectivity index (χ1v) is 5.68. The molecule has 2 N–H and O–H groups in total. The van der Waals surface area contributed by atoms with Crippen LogP contribution in [0.5, 0.6) is 0 Å². The zero-order valence-electron chi connectivity index (χ0n) is 10.5. The standard InChI is InChI=1S/C12H14N2O5/c1-12(2)18-8(9(19-12)11(16)17)10(15)14-7-3-5-13-6-4-7/h3-6,8-9H,1-2H3,(H,16,17)(H,13,14,15)/t8-,9-/m0/s1. The van der Waals surface area contributed by atoms with E-state index in [1.165, 1.54) is 12.4 Å². The number of amides is 1. The van der Waals surface area contributed by atoms with Crippen LogP contribution >= 0.6 is 0 Å². The third kappa shape index (κ3) is 3.07. The summed E-state index contributed by atoms with van der Waals surface area (Å²) in [5.41, 5.74) is 0.512. The van der Waals surface area contributed by atoms with Crippen molar-refractivity contribution >= 4 is 17.6 Å². The van der Waals surface area contributed by atoms with Gasteiger partial charge in [0.25, 0.3) is 5.91 Å². The predicted octanol–water partition coefficient (Wildman–Crippen LogP) is 0.625. The van der Waals surface area contributed by atoms with Crippen molar-refractivity contribution < 1.29 is 24.2 Å². The summed E-state index contributed by atoms with van der Waals surface area (Å²) in [7, 11) is 0. The van der Waals surface area contributed by atoms with E-state index in [1.54, 1.807) is 26.0 Å². The minimum atomic E-state index is -1.32. The second kappa shape index (κ2) is 4.94. The number of nitrogens with one attached hydrogen (secondary N) is 1. The predicted molar refractivity (Wildman–Crippen MR) is 64.3 cm³/mol. The first kappa shape index (κ1) is 13.4. The Hall–Kier alpha value is -1.99. The molecule has 1 aromatic heterocycles. The van der Waals surface area contributed by atoms with Gasteiger partial charge in [0.05, 0.1) is 0 Å². The van der Waals surface area contributed by atoms with E-state index in [-0.39, 0.29) is 0 Å². The number of anilines is 1. The highest BCUT2D eigenvalue weighted by molar-refractivity contribution is 5.97. The molecule has 1 aliphatic heterocycles. The first-order chi connectivity index (χ1) is 8.89. The normalized spacial score (nSPS) is 24.9. The zero-order chi connectivity index (χ0) is 14.0.